The number of pyridine rings is 1. The van der Waals surface area contributed by atoms with Crippen LogP contribution in [0.5, 0.6) is 0 Å². The van der Waals surface area contributed by atoms with E-state index in [4.69, 9.17) is 4.98 Å². The van der Waals surface area contributed by atoms with E-state index in [0.717, 1.165) is 48.0 Å². The van der Waals surface area contributed by atoms with Crippen molar-refractivity contribution in [3.05, 3.63) is 81.0 Å². The number of hydrogen-bond acceptors (Lipinski definition) is 7. The molecular formula is C26H23N7O3. The predicted molar refractivity (Wildman–Crippen MR) is 136 cm³/mol. The van der Waals surface area contributed by atoms with Crippen LogP contribution in [0.3, 0.4) is 0 Å². The van der Waals surface area contributed by atoms with E-state index in [1.807, 2.05) is 49.1 Å². The third-order valence-corrected chi connectivity index (χ3v) is 6.45. The second-order valence-electron chi connectivity index (χ2n) is 8.81. The van der Waals surface area contributed by atoms with Crippen LogP contribution in [0.2, 0.25) is 0 Å². The van der Waals surface area contributed by atoms with Crippen LogP contribution in [0, 0.1) is 35.3 Å². The molecule has 0 saturated carbocycles. The van der Waals surface area contributed by atoms with Gasteiger partial charge in [-0.25, -0.2) is 4.98 Å². The first-order valence-electron chi connectivity index (χ1n) is 11.6. The molecule has 0 radical (unpaired) electrons. The highest BCUT2D eigenvalue weighted by atomic mass is 16.6. The van der Waals surface area contributed by atoms with Crippen LogP contribution in [-0.2, 0) is 0 Å². The molecule has 5 rings (SSSR count). The molecule has 36 heavy (non-hydrogen) atoms. The fourth-order valence-corrected chi connectivity index (χ4v) is 4.59. The highest BCUT2D eigenvalue weighted by Gasteiger charge is 2.25. The van der Waals surface area contributed by atoms with Gasteiger partial charge < -0.3 is 10.2 Å². The van der Waals surface area contributed by atoms with Crippen molar-refractivity contribution < 1.29 is 9.72 Å². The summed E-state index contributed by atoms with van der Waals surface area (Å²) < 4.78 is 1.41. The standard InChI is InChI=1S/C26H23N7O3/c1-16-6-5-7-20-17(2)12-23(29-24(16)20)32-25(19(14-27)15-28-32)30-26(34)18-8-9-21(22(13-18)33(35)36)31-10-3-4-11-31/h5-9,12-13,15H,3-4,10-11H2,1-2H3,(H,30,34). The lowest BCUT2D eigenvalue weighted by molar-refractivity contribution is -0.384. The molecule has 2 aromatic heterocycles. The number of aromatic nitrogens is 3. The minimum atomic E-state index is -0.585. The van der Waals surface area contributed by atoms with Gasteiger partial charge in [0.2, 0.25) is 0 Å². The first-order valence-corrected chi connectivity index (χ1v) is 11.6. The molecule has 0 atom stereocenters. The second kappa shape index (κ2) is 9.11. The van der Waals surface area contributed by atoms with Crippen LogP contribution in [0.25, 0.3) is 16.7 Å². The van der Waals surface area contributed by atoms with Crippen LogP contribution < -0.4 is 10.2 Å². The summed E-state index contributed by atoms with van der Waals surface area (Å²) in [7, 11) is 0. The molecular weight excluding hydrogens is 458 g/mol. The van der Waals surface area contributed by atoms with E-state index in [1.165, 1.54) is 16.9 Å². The highest BCUT2D eigenvalue weighted by molar-refractivity contribution is 6.05. The third kappa shape index (κ3) is 4.01. The first kappa shape index (κ1) is 23.0. The normalized spacial score (nSPS) is 13.1. The molecule has 0 aliphatic carbocycles. The summed E-state index contributed by atoms with van der Waals surface area (Å²) in [4.78, 5) is 31.2. The van der Waals surface area contributed by atoms with E-state index in [-0.39, 0.29) is 22.6 Å². The number of carbonyl (C=O) groups is 1. The molecule has 0 spiro atoms. The molecule has 2 aromatic carbocycles. The third-order valence-electron chi connectivity index (χ3n) is 6.45. The SMILES string of the molecule is Cc1cc(-n2ncc(C#N)c2NC(=O)c2ccc(N3CCCC3)c([N+](=O)[O-])c2)nc2c(C)cccc12. The van der Waals surface area contributed by atoms with Gasteiger partial charge in [-0.05, 0) is 56.0 Å². The van der Waals surface area contributed by atoms with Crippen LogP contribution in [0.4, 0.5) is 17.2 Å². The monoisotopic (exact) mass is 481 g/mol. The summed E-state index contributed by atoms with van der Waals surface area (Å²) in [5, 5.41) is 29.4. The Bertz CT molecular complexity index is 1560. The average Bonchev–Trinajstić information content (AvgIpc) is 3.54. The summed E-state index contributed by atoms with van der Waals surface area (Å²) >= 11 is 0. The molecule has 1 saturated heterocycles. The van der Waals surface area contributed by atoms with Gasteiger partial charge in [-0.1, -0.05) is 18.2 Å². The van der Waals surface area contributed by atoms with Gasteiger partial charge in [-0.15, -0.1) is 0 Å². The second-order valence-corrected chi connectivity index (χ2v) is 8.81. The van der Waals surface area contributed by atoms with Crippen molar-refractivity contribution in [3.8, 4) is 11.9 Å². The molecule has 1 aliphatic heterocycles. The maximum Gasteiger partial charge on any atom is 0.293 e. The number of nitrogens with zero attached hydrogens (tertiary/aromatic N) is 6. The average molecular weight is 482 g/mol. The number of carbonyl (C=O) groups excluding carboxylic acids is 1. The number of nitriles is 1. The zero-order valence-corrected chi connectivity index (χ0v) is 19.9. The van der Waals surface area contributed by atoms with Crippen molar-refractivity contribution in [2.24, 2.45) is 0 Å². The molecule has 1 N–H and O–H groups in total. The van der Waals surface area contributed by atoms with E-state index in [1.54, 1.807) is 12.1 Å². The number of nitro benzene ring substituents is 1. The van der Waals surface area contributed by atoms with Gasteiger partial charge in [0.1, 0.15) is 17.3 Å². The van der Waals surface area contributed by atoms with Gasteiger partial charge in [-0.2, -0.15) is 15.0 Å². The van der Waals surface area contributed by atoms with Gasteiger partial charge >= 0.3 is 0 Å². The van der Waals surface area contributed by atoms with E-state index < -0.39 is 10.8 Å². The molecule has 1 amide bonds. The number of nitro groups is 1. The number of nitrogens with one attached hydrogen (secondary N) is 1. The van der Waals surface area contributed by atoms with Crippen LogP contribution in [0.15, 0.2) is 48.7 Å². The Kier molecular flexibility index (Phi) is 5.82. The number of aryl methyl sites for hydroxylation is 2. The molecule has 10 heteroatoms. The Morgan fingerprint density at radius 3 is 2.64 bits per heavy atom. The Morgan fingerprint density at radius 2 is 1.92 bits per heavy atom. The van der Waals surface area contributed by atoms with Gasteiger partial charge in [0.05, 0.1) is 16.6 Å². The zero-order chi connectivity index (χ0) is 25.4. The summed E-state index contributed by atoms with van der Waals surface area (Å²) in [5.41, 5.74) is 3.39. The maximum atomic E-state index is 13.2. The molecule has 10 nitrogen and oxygen atoms in total. The fraction of sp³-hybridized carbons (Fsp3) is 0.231. The molecule has 0 bridgehead atoms. The summed E-state index contributed by atoms with van der Waals surface area (Å²) in [6, 6.07) is 14.2. The zero-order valence-electron chi connectivity index (χ0n) is 19.9. The summed E-state index contributed by atoms with van der Waals surface area (Å²) in [6.45, 7) is 5.41. The minimum Gasteiger partial charge on any atom is -0.366 e. The highest BCUT2D eigenvalue weighted by Crippen LogP contribution is 2.32. The lowest BCUT2D eigenvalue weighted by Crippen LogP contribution is -2.20. The van der Waals surface area contributed by atoms with Crippen molar-refractivity contribution >= 4 is 34.0 Å². The number of fused-ring (bicyclic) bond motifs is 1. The fourth-order valence-electron chi connectivity index (χ4n) is 4.59. The Balaban J connectivity index is 1.53. The van der Waals surface area contributed by atoms with Crippen LogP contribution in [0.1, 0.15) is 39.9 Å². The Hall–Kier alpha value is -4.78. The lowest BCUT2D eigenvalue weighted by Gasteiger charge is -2.18. The van der Waals surface area contributed by atoms with Gasteiger partial charge in [0, 0.05) is 30.1 Å². The van der Waals surface area contributed by atoms with Crippen molar-refractivity contribution in [2.75, 3.05) is 23.3 Å². The topological polar surface area (TPSA) is 130 Å². The smallest absolute Gasteiger partial charge is 0.293 e. The quantitative estimate of drug-likeness (QED) is 0.324. The van der Waals surface area contributed by atoms with Gasteiger partial charge in [-0.3, -0.25) is 14.9 Å². The van der Waals surface area contributed by atoms with Gasteiger partial charge in [0.15, 0.2) is 11.6 Å². The number of benzene rings is 2. The molecule has 1 fully saturated rings. The van der Waals surface area contributed by atoms with Gasteiger partial charge in [0.25, 0.3) is 11.6 Å². The number of amides is 1. The van der Waals surface area contributed by atoms with E-state index in [2.05, 4.69) is 10.4 Å². The number of para-hydroxylation sites is 1. The van der Waals surface area contributed by atoms with E-state index >= 15 is 0 Å². The largest absolute Gasteiger partial charge is 0.366 e. The molecule has 0 unspecified atom stereocenters. The molecule has 180 valence electrons. The predicted octanol–water partition coefficient (Wildman–Crippen LogP) is 4.67. The number of anilines is 2. The lowest BCUT2D eigenvalue weighted by atomic mass is 10.1. The van der Waals surface area contributed by atoms with Crippen molar-refractivity contribution in [2.45, 2.75) is 26.7 Å². The van der Waals surface area contributed by atoms with E-state index in [9.17, 15) is 20.2 Å². The van der Waals surface area contributed by atoms with Crippen LogP contribution >= 0.6 is 0 Å². The molecule has 4 aromatic rings. The summed E-state index contributed by atoms with van der Waals surface area (Å²) in [6.07, 6.45) is 3.30. The minimum absolute atomic E-state index is 0.111. The molecule has 3 heterocycles. The Labute approximate surface area is 206 Å². The van der Waals surface area contributed by atoms with Crippen LogP contribution in [-0.4, -0.2) is 38.7 Å². The van der Waals surface area contributed by atoms with Crippen molar-refractivity contribution in [1.82, 2.24) is 14.8 Å². The van der Waals surface area contributed by atoms with E-state index in [0.29, 0.717) is 11.5 Å². The number of hydrogen-bond donors (Lipinski definition) is 1. The van der Waals surface area contributed by atoms with Crippen molar-refractivity contribution in [1.29, 1.82) is 5.26 Å². The molecule has 1 aliphatic rings. The maximum absolute atomic E-state index is 13.2. The first-order chi connectivity index (χ1) is 17.4. The Morgan fingerprint density at radius 1 is 1.14 bits per heavy atom. The summed E-state index contributed by atoms with van der Waals surface area (Å²) in [5.74, 6) is 0.00748. The van der Waals surface area contributed by atoms with Crippen molar-refractivity contribution in [3.63, 3.8) is 0 Å². The number of rotatable bonds is 5.